The standard InChI is InChI=1S/C9H11F2NO/c10-9(11)2-1-6(4-9)8(13)3-7-5-12-7/h5-7H,1-4H2. The number of rotatable bonds is 3. The maximum atomic E-state index is 12.7. The summed E-state index contributed by atoms with van der Waals surface area (Å²) in [5, 5.41) is 0. The van der Waals surface area contributed by atoms with E-state index in [0.717, 1.165) is 0 Å². The molecule has 1 saturated carbocycles. The number of carbonyl (C=O) groups is 1. The zero-order chi connectivity index (χ0) is 9.47. The first-order chi connectivity index (χ1) is 6.07. The fourth-order valence-corrected chi connectivity index (χ4v) is 1.76. The predicted molar refractivity (Wildman–Crippen MR) is 44.2 cm³/mol. The topological polar surface area (TPSA) is 29.4 Å². The number of aliphatic imine (C=N–C) groups is 1. The predicted octanol–water partition coefficient (Wildman–Crippen LogP) is 1.83. The van der Waals surface area contributed by atoms with Gasteiger partial charge in [0.05, 0.1) is 6.04 Å². The van der Waals surface area contributed by atoms with Crippen LogP contribution in [-0.2, 0) is 4.79 Å². The summed E-state index contributed by atoms with van der Waals surface area (Å²) >= 11 is 0. The van der Waals surface area contributed by atoms with Crippen molar-refractivity contribution >= 4 is 12.0 Å². The summed E-state index contributed by atoms with van der Waals surface area (Å²) in [5.74, 6) is -3.07. The van der Waals surface area contributed by atoms with E-state index in [9.17, 15) is 13.6 Å². The van der Waals surface area contributed by atoms with E-state index in [1.54, 1.807) is 6.21 Å². The smallest absolute Gasteiger partial charge is 0.248 e. The van der Waals surface area contributed by atoms with Crippen LogP contribution in [0.3, 0.4) is 0 Å². The molecule has 0 radical (unpaired) electrons. The molecule has 0 aromatic heterocycles. The zero-order valence-corrected chi connectivity index (χ0v) is 7.17. The van der Waals surface area contributed by atoms with Gasteiger partial charge in [0.25, 0.3) is 0 Å². The number of alkyl halides is 2. The molecule has 13 heavy (non-hydrogen) atoms. The highest BCUT2D eigenvalue weighted by molar-refractivity contribution is 5.89. The van der Waals surface area contributed by atoms with E-state index in [1.165, 1.54) is 0 Å². The summed E-state index contributed by atoms with van der Waals surface area (Å²) in [6.07, 6.45) is 1.98. The molecule has 0 aromatic carbocycles. The molecule has 0 aromatic rings. The third-order valence-electron chi connectivity index (χ3n) is 2.63. The molecule has 0 spiro atoms. The van der Waals surface area contributed by atoms with Crippen molar-refractivity contribution in [1.82, 2.24) is 0 Å². The highest BCUT2D eigenvalue weighted by Gasteiger charge is 2.42. The second kappa shape index (κ2) is 2.86. The van der Waals surface area contributed by atoms with E-state index in [2.05, 4.69) is 4.99 Å². The number of carbonyl (C=O) groups excluding carboxylic acids is 1. The Balaban J connectivity index is 1.84. The van der Waals surface area contributed by atoms with Gasteiger partial charge in [-0.3, -0.25) is 9.79 Å². The average Bonchev–Trinajstić information content (AvgIpc) is 2.75. The van der Waals surface area contributed by atoms with Crippen LogP contribution in [0.2, 0.25) is 0 Å². The Bertz CT molecular complexity index is 256. The van der Waals surface area contributed by atoms with Crippen LogP contribution in [0.1, 0.15) is 25.7 Å². The van der Waals surface area contributed by atoms with E-state index < -0.39 is 11.8 Å². The van der Waals surface area contributed by atoms with Crippen molar-refractivity contribution in [1.29, 1.82) is 0 Å². The van der Waals surface area contributed by atoms with E-state index in [0.29, 0.717) is 12.8 Å². The van der Waals surface area contributed by atoms with Crippen molar-refractivity contribution in [2.24, 2.45) is 10.9 Å². The normalized spacial score (nSPS) is 34.9. The van der Waals surface area contributed by atoms with Crippen LogP contribution < -0.4 is 0 Å². The lowest BCUT2D eigenvalue weighted by molar-refractivity contribution is -0.123. The molecule has 2 rings (SSSR count). The van der Waals surface area contributed by atoms with Crippen molar-refractivity contribution in [3.8, 4) is 0 Å². The Labute approximate surface area is 75.0 Å². The monoisotopic (exact) mass is 187 g/mol. The second-order valence-electron chi connectivity index (χ2n) is 3.83. The first-order valence-corrected chi connectivity index (χ1v) is 4.51. The van der Waals surface area contributed by atoms with Gasteiger partial charge < -0.3 is 0 Å². The largest absolute Gasteiger partial charge is 0.299 e. The number of nitrogens with zero attached hydrogens (tertiary/aromatic N) is 1. The molecule has 1 aliphatic heterocycles. The van der Waals surface area contributed by atoms with E-state index in [-0.39, 0.29) is 24.7 Å². The molecule has 2 atom stereocenters. The molecule has 1 aliphatic carbocycles. The summed E-state index contributed by atoms with van der Waals surface area (Å²) < 4.78 is 25.4. The van der Waals surface area contributed by atoms with Crippen molar-refractivity contribution < 1.29 is 13.6 Å². The minimum Gasteiger partial charge on any atom is -0.299 e. The van der Waals surface area contributed by atoms with Crippen molar-refractivity contribution in [3.63, 3.8) is 0 Å². The van der Waals surface area contributed by atoms with Crippen LogP contribution in [0.4, 0.5) is 8.78 Å². The molecule has 2 aliphatic rings. The average molecular weight is 187 g/mol. The van der Waals surface area contributed by atoms with Gasteiger partial charge in [0.2, 0.25) is 5.92 Å². The lowest BCUT2D eigenvalue weighted by atomic mass is 9.98. The molecular weight excluding hydrogens is 176 g/mol. The maximum absolute atomic E-state index is 12.7. The fraction of sp³-hybridized carbons (Fsp3) is 0.778. The van der Waals surface area contributed by atoms with Crippen LogP contribution in [0.15, 0.2) is 4.99 Å². The van der Waals surface area contributed by atoms with Crippen molar-refractivity contribution in [3.05, 3.63) is 0 Å². The fourth-order valence-electron chi connectivity index (χ4n) is 1.76. The molecule has 0 saturated heterocycles. The first kappa shape index (κ1) is 8.78. The van der Waals surface area contributed by atoms with E-state index >= 15 is 0 Å². The summed E-state index contributed by atoms with van der Waals surface area (Å²) in [5.41, 5.74) is 0. The van der Waals surface area contributed by atoms with E-state index in [1.807, 2.05) is 0 Å². The molecule has 2 unspecified atom stereocenters. The Morgan fingerprint density at radius 1 is 1.62 bits per heavy atom. The third-order valence-corrected chi connectivity index (χ3v) is 2.63. The van der Waals surface area contributed by atoms with Gasteiger partial charge in [-0.05, 0) is 6.42 Å². The summed E-state index contributed by atoms with van der Waals surface area (Å²) in [4.78, 5) is 15.2. The molecule has 1 fully saturated rings. The SMILES string of the molecule is O=C(CC1C=N1)C1CCC(F)(F)C1. The third kappa shape index (κ3) is 2.11. The zero-order valence-electron chi connectivity index (χ0n) is 7.17. The number of halogens is 2. The highest BCUT2D eigenvalue weighted by atomic mass is 19.3. The van der Waals surface area contributed by atoms with Gasteiger partial charge in [-0.15, -0.1) is 0 Å². The maximum Gasteiger partial charge on any atom is 0.248 e. The number of hydrogen-bond donors (Lipinski definition) is 0. The summed E-state index contributed by atoms with van der Waals surface area (Å²) in [6, 6.07) is 0.0294. The van der Waals surface area contributed by atoms with Crippen LogP contribution in [0.25, 0.3) is 0 Å². The van der Waals surface area contributed by atoms with Gasteiger partial charge in [-0.25, -0.2) is 8.78 Å². The molecule has 0 bridgehead atoms. The van der Waals surface area contributed by atoms with Crippen molar-refractivity contribution in [2.45, 2.75) is 37.6 Å². The van der Waals surface area contributed by atoms with Gasteiger partial charge in [-0.1, -0.05) is 0 Å². The second-order valence-corrected chi connectivity index (χ2v) is 3.83. The minimum absolute atomic E-state index is 0.0294. The Hall–Kier alpha value is -0.800. The summed E-state index contributed by atoms with van der Waals surface area (Å²) in [7, 11) is 0. The highest BCUT2D eigenvalue weighted by Crippen LogP contribution is 2.39. The van der Waals surface area contributed by atoms with Gasteiger partial charge in [0, 0.05) is 31.4 Å². The Kier molecular flexibility index (Phi) is 1.93. The number of ketones is 1. The quantitative estimate of drug-likeness (QED) is 0.662. The van der Waals surface area contributed by atoms with Gasteiger partial charge in [-0.2, -0.15) is 0 Å². The summed E-state index contributed by atoms with van der Waals surface area (Å²) in [6.45, 7) is 0. The molecule has 1 heterocycles. The van der Waals surface area contributed by atoms with Crippen LogP contribution >= 0.6 is 0 Å². The van der Waals surface area contributed by atoms with Crippen LogP contribution in [-0.4, -0.2) is 24.0 Å². The lowest BCUT2D eigenvalue weighted by Crippen LogP contribution is -2.17. The molecule has 0 amide bonds. The molecular formula is C9H11F2NO. The van der Waals surface area contributed by atoms with Gasteiger partial charge in [0.1, 0.15) is 5.78 Å². The molecule has 4 heteroatoms. The van der Waals surface area contributed by atoms with E-state index in [4.69, 9.17) is 0 Å². The van der Waals surface area contributed by atoms with Gasteiger partial charge >= 0.3 is 0 Å². The molecule has 2 nitrogen and oxygen atoms in total. The molecule has 0 N–H and O–H groups in total. The minimum atomic E-state index is -2.61. The molecule has 72 valence electrons. The number of hydrogen-bond acceptors (Lipinski definition) is 2. The van der Waals surface area contributed by atoms with Crippen molar-refractivity contribution in [2.75, 3.05) is 0 Å². The van der Waals surface area contributed by atoms with Gasteiger partial charge in [0.15, 0.2) is 0 Å². The Morgan fingerprint density at radius 2 is 2.31 bits per heavy atom. The van der Waals surface area contributed by atoms with Crippen LogP contribution in [0.5, 0.6) is 0 Å². The first-order valence-electron chi connectivity index (χ1n) is 4.51. The number of Topliss-reactive ketones (excluding diaryl/α,β-unsaturated/α-hetero) is 1. The lowest BCUT2D eigenvalue weighted by Gasteiger charge is -2.08. The van der Waals surface area contributed by atoms with Crippen LogP contribution in [0, 0.1) is 5.92 Å². The Morgan fingerprint density at radius 3 is 2.77 bits per heavy atom.